The number of pyridine rings is 1. The van der Waals surface area contributed by atoms with E-state index in [1.54, 1.807) is 13.8 Å². The SMILES string of the molecule is CC(C)C(=O)c1cc(O)c(O)cn1. The molecule has 0 atom stereocenters. The summed E-state index contributed by atoms with van der Waals surface area (Å²) >= 11 is 0. The van der Waals surface area contributed by atoms with Crippen LogP contribution >= 0.6 is 0 Å². The Kier molecular flexibility index (Phi) is 2.51. The van der Waals surface area contributed by atoms with Crippen molar-refractivity contribution >= 4 is 5.78 Å². The molecule has 0 saturated carbocycles. The zero-order valence-electron chi connectivity index (χ0n) is 7.48. The number of ketones is 1. The minimum absolute atomic E-state index is 0.157. The van der Waals surface area contributed by atoms with Gasteiger partial charge in [0.25, 0.3) is 0 Å². The summed E-state index contributed by atoms with van der Waals surface area (Å²) in [5, 5.41) is 18.0. The molecule has 0 unspecified atom stereocenters. The molecule has 0 fully saturated rings. The number of aromatic nitrogens is 1. The highest BCUT2D eigenvalue weighted by Crippen LogP contribution is 2.23. The van der Waals surface area contributed by atoms with Crippen LogP contribution < -0.4 is 0 Å². The smallest absolute Gasteiger partial charge is 0.183 e. The topological polar surface area (TPSA) is 70.4 Å². The second kappa shape index (κ2) is 3.43. The van der Waals surface area contributed by atoms with E-state index < -0.39 is 0 Å². The van der Waals surface area contributed by atoms with Crippen LogP contribution in [0.25, 0.3) is 0 Å². The molecule has 0 bridgehead atoms. The maximum atomic E-state index is 11.4. The number of hydrogen-bond donors (Lipinski definition) is 2. The van der Waals surface area contributed by atoms with E-state index in [1.165, 1.54) is 0 Å². The summed E-state index contributed by atoms with van der Waals surface area (Å²) < 4.78 is 0. The molecule has 0 radical (unpaired) electrons. The molecule has 1 heterocycles. The molecule has 1 aromatic rings. The van der Waals surface area contributed by atoms with Gasteiger partial charge in [0, 0.05) is 12.0 Å². The van der Waals surface area contributed by atoms with Crippen molar-refractivity contribution < 1.29 is 15.0 Å². The first-order valence-electron chi connectivity index (χ1n) is 3.94. The van der Waals surface area contributed by atoms with E-state index in [4.69, 9.17) is 10.2 Å². The van der Waals surface area contributed by atoms with Crippen LogP contribution in [0.5, 0.6) is 11.5 Å². The third-order valence-electron chi connectivity index (χ3n) is 1.64. The number of carbonyl (C=O) groups excluding carboxylic acids is 1. The van der Waals surface area contributed by atoms with Gasteiger partial charge in [-0.3, -0.25) is 4.79 Å². The summed E-state index contributed by atoms with van der Waals surface area (Å²) in [7, 11) is 0. The Morgan fingerprint density at radius 3 is 2.46 bits per heavy atom. The van der Waals surface area contributed by atoms with Gasteiger partial charge < -0.3 is 10.2 Å². The van der Waals surface area contributed by atoms with Crippen LogP contribution in [-0.2, 0) is 0 Å². The fourth-order valence-corrected chi connectivity index (χ4v) is 0.868. The van der Waals surface area contributed by atoms with Gasteiger partial charge in [-0.05, 0) is 0 Å². The van der Waals surface area contributed by atoms with E-state index in [2.05, 4.69) is 4.98 Å². The van der Waals surface area contributed by atoms with Crippen molar-refractivity contribution in [2.45, 2.75) is 13.8 Å². The summed E-state index contributed by atoms with van der Waals surface area (Å²) in [6.07, 6.45) is 1.06. The van der Waals surface area contributed by atoms with Gasteiger partial charge in [-0.1, -0.05) is 13.8 Å². The van der Waals surface area contributed by atoms with E-state index >= 15 is 0 Å². The van der Waals surface area contributed by atoms with Crippen LogP contribution in [0.15, 0.2) is 12.3 Å². The van der Waals surface area contributed by atoms with Crippen molar-refractivity contribution in [3.05, 3.63) is 18.0 Å². The summed E-state index contributed by atoms with van der Waals surface area (Å²) in [6, 6.07) is 1.16. The Hall–Kier alpha value is -1.58. The summed E-state index contributed by atoms with van der Waals surface area (Å²) in [5.41, 5.74) is 0.172. The lowest BCUT2D eigenvalue weighted by Gasteiger charge is -2.03. The van der Waals surface area contributed by atoms with Gasteiger partial charge in [0.05, 0.1) is 6.20 Å². The molecule has 1 rings (SSSR count). The first-order valence-corrected chi connectivity index (χ1v) is 3.94. The molecule has 4 heteroatoms. The van der Waals surface area contributed by atoms with Crippen molar-refractivity contribution in [2.24, 2.45) is 5.92 Å². The van der Waals surface area contributed by atoms with E-state index in [1.807, 2.05) is 0 Å². The lowest BCUT2D eigenvalue weighted by molar-refractivity contribution is 0.0934. The minimum atomic E-state index is -0.320. The highest BCUT2D eigenvalue weighted by molar-refractivity contribution is 5.96. The summed E-state index contributed by atoms with van der Waals surface area (Å²) in [5.74, 6) is -0.967. The lowest BCUT2D eigenvalue weighted by Crippen LogP contribution is -2.08. The van der Waals surface area contributed by atoms with Crippen LogP contribution in [0.3, 0.4) is 0 Å². The quantitative estimate of drug-likeness (QED) is 0.675. The fourth-order valence-electron chi connectivity index (χ4n) is 0.868. The number of rotatable bonds is 2. The van der Waals surface area contributed by atoms with Crippen molar-refractivity contribution in [1.82, 2.24) is 4.98 Å². The van der Waals surface area contributed by atoms with Crippen LogP contribution in [0.4, 0.5) is 0 Å². The van der Waals surface area contributed by atoms with Crippen molar-refractivity contribution in [1.29, 1.82) is 0 Å². The van der Waals surface area contributed by atoms with E-state index in [0.29, 0.717) is 0 Å². The van der Waals surface area contributed by atoms with E-state index in [9.17, 15) is 4.79 Å². The van der Waals surface area contributed by atoms with Gasteiger partial charge in [-0.15, -0.1) is 0 Å². The Morgan fingerprint density at radius 1 is 1.38 bits per heavy atom. The largest absolute Gasteiger partial charge is 0.504 e. The molecule has 0 amide bonds. The monoisotopic (exact) mass is 181 g/mol. The average molecular weight is 181 g/mol. The van der Waals surface area contributed by atoms with Crippen LogP contribution in [-0.4, -0.2) is 21.0 Å². The second-order valence-electron chi connectivity index (χ2n) is 3.08. The molecular formula is C9H11NO3. The predicted octanol–water partition coefficient (Wildman–Crippen LogP) is 1.33. The first-order chi connectivity index (χ1) is 6.02. The molecule has 0 aliphatic heterocycles. The molecule has 0 saturated heterocycles. The number of hydrogen-bond acceptors (Lipinski definition) is 4. The second-order valence-corrected chi connectivity index (χ2v) is 3.08. The Bertz CT molecular complexity index is 334. The van der Waals surface area contributed by atoms with Gasteiger partial charge >= 0.3 is 0 Å². The molecule has 0 aliphatic carbocycles. The van der Waals surface area contributed by atoms with E-state index in [-0.39, 0.29) is 28.9 Å². The van der Waals surface area contributed by atoms with Crippen molar-refractivity contribution in [3.63, 3.8) is 0 Å². The van der Waals surface area contributed by atoms with Crippen LogP contribution in [0.2, 0.25) is 0 Å². The molecule has 13 heavy (non-hydrogen) atoms. The zero-order valence-corrected chi connectivity index (χ0v) is 7.48. The highest BCUT2D eigenvalue weighted by Gasteiger charge is 2.13. The van der Waals surface area contributed by atoms with Crippen LogP contribution in [0, 0.1) is 5.92 Å². The Morgan fingerprint density at radius 2 is 2.00 bits per heavy atom. The number of aromatic hydroxyl groups is 2. The maximum absolute atomic E-state index is 11.4. The molecular weight excluding hydrogens is 170 g/mol. The summed E-state index contributed by atoms with van der Waals surface area (Å²) in [4.78, 5) is 15.1. The maximum Gasteiger partial charge on any atom is 0.183 e. The van der Waals surface area contributed by atoms with Gasteiger partial charge in [-0.2, -0.15) is 0 Å². The van der Waals surface area contributed by atoms with Gasteiger partial charge in [0.15, 0.2) is 17.3 Å². The molecule has 0 spiro atoms. The normalized spacial score (nSPS) is 10.4. The molecule has 0 aliphatic rings. The number of nitrogens with zero attached hydrogens (tertiary/aromatic N) is 1. The first kappa shape index (κ1) is 9.51. The minimum Gasteiger partial charge on any atom is -0.504 e. The molecule has 70 valence electrons. The van der Waals surface area contributed by atoms with Gasteiger partial charge in [0.2, 0.25) is 0 Å². The van der Waals surface area contributed by atoms with Crippen molar-refractivity contribution in [2.75, 3.05) is 0 Å². The molecule has 4 nitrogen and oxygen atoms in total. The third kappa shape index (κ3) is 1.96. The van der Waals surface area contributed by atoms with Crippen molar-refractivity contribution in [3.8, 4) is 11.5 Å². The van der Waals surface area contributed by atoms with E-state index in [0.717, 1.165) is 12.3 Å². The molecule has 1 aromatic heterocycles. The predicted molar refractivity (Wildman–Crippen MR) is 46.7 cm³/mol. The Labute approximate surface area is 75.9 Å². The fraction of sp³-hybridized carbons (Fsp3) is 0.333. The Balaban J connectivity index is 3.04. The molecule has 0 aromatic carbocycles. The molecule has 2 N–H and O–H groups in total. The average Bonchev–Trinajstić information content (AvgIpc) is 2.08. The van der Waals surface area contributed by atoms with Crippen LogP contribution in [0.1, 0.15) is 24.3 Å². The summed E-state index contributed by atoms with van der Waals surface area (Å²) in [6.45, 7) is 3.49. The highest BCUT2D eigenvalue weighted by atomic mass is 16.3. The zero-order chi connectivity index (χ0) is 10.0. The third-order valence-corrected chi connectivity index (χ3v) is 1.64. The lowest BCUT2D eigenvalue weighted by atomic mass is 10.1. The standard InChI is InChI=1S/C9H11NO3/c1-5(2)9(13)6-3-7(11)8(12)4-10-6/h3-5,12H,1-2H3,(H,10,11). The number of carbonyl (C=O) groups is 1. The number of Topliss-reactive ketones (excluding diaryl/α,β-unsaturated/α-hetero) is 1. The van der Waals surface area contributed by atoms with Gasteiger partial charge in [0.1, 0.15) is 5.69 Å². The van der Waals surface area contributed by atoms with Gasteiger partial charge in [-0.25, -0.2) is 4.98 Å².